The molecule has 0 aliphatic heterocycles. The summed E-state index contributed by atoms with van der Waals surface area (Å²) in [4.78, 5) is 13.6. The standard InChI is InChI=1S/C19H22N6/c20-6-2-3-13-7-16(8-13)23-11-15(10-22)18-12-24-17-5-1-4-14(9-21)19(17)25-18/h1,4-5,10-13,16H,2-3,6-8,20,22H2. The van der Waals surface area contributed by atoms with E-state index < -0.39 is 0 Å². The van der Waals surface area contributed by atoms with Crippen LogP contribution >= 0.6 is 0 Å². The van der Waals surface area contributed by atoms with E-state index in [1.165, 1.54) is 12.6 Å². The second kappa shape index (κ2) is 7.86. The molecule has 0 amide bonds. The first-order valence-electron chi connectivity index (χ1n) is 8.56. The Hall–Kier alpha value is -2.78. The van der Waals surface area contributed by atoms with Gasteiger partial charge in [-0.1, -0.05) is 6.07 Å². The van der Waals surface area contributed by atoms with Gasteiger partial charge in [-0.05, 0) is 50.3 Å². The number of nitrogens with two attached hydrogens (primary N) is 2. The molecule has 1 aliphatic carbocycles. The molecule has 2 aromatic rings. The molecule has 1 aliphatic rings. The average molecular weight is 334 g/mol. The Morgan fingerprint density at radius 1 is 1.40 bits per heavy atom. The van der Waals surface area contributed by atoms with Crippen molar-refractivity contribution in [3.8, 4) is 6.07 Å². The first-order chi connectivity index (χ1) is 12.2. The zero-order valence-corrected chi connectivity index (χ0v) is 14.1. The van der Waals surface area contributed by atoms with Gasteiger partial charge in [0.15, 0.2) is 0 Å². The lowest BCUT2D eigenvalue weighted by Gasteiger charge is -2.32. The molecular formula is C19H22N6. The van der Waals surface area contributed by atoms with Crippen molar-refractivity contribution in [3.63, 3.8) is 0 Å². The van der Waals surface area contributed by atoms with Gasteiger partial charge >= 0.3 is 0 Å². The fraction of sp³-hybridized carbons (Fsp3) is 0.368. The second-order valence-electron chi connectivity index (χ2n) is 6.36. The van der Waals surface area contributed by atoms with Crippen LogP contribution in [-0.4, -0.2) is 28.8 Å². The molecule has 0 unspecified atom stereocenters. The monoisotopic (exact) mass is 334 g/mol. The minimum atomic E-state index is 0.348. The van der Waals surface area contributed by atoms with Gasteiger partial charge in [-0.25, -0.2) is 4.98 Å². The van der Waals surface area contributed by atoms with Gasteiger partial charge in [0.25, 0.3) is 0 Å². The number of aromatic nitrogens is 2. The molecule has 6 heteroatoms. The lowest BCUT2D eigenvalue weighted by atomic mass is 9.78. The lowest BCUT2D eigenvalue weighted by Crippen LogP contribution is -2.27. The minimum Gasteiger partial charge on any atom is -0.404 e. The number of allylic oxidation sites excluding steroid dienone is 1. The summed E-state index contributed by atoms with van der Waals surface area (Å²) in [5.74, 6) is 0.745. The van der Waals surface area contributed by atoms with Gasteiger partial charge in [0, 0.05) is 18.0 Å². The summed E-state index contributed by atoms with van der Waals surface area (Å²) in [5.41, 5.74) is 14.4. The summed E-state index contributed by atoms with van der Waals surface area (Å²) in [6.45, 7) is 0.760. The fourth-order valence-electron chi connectivity index (χ4n) is 3.11. The number of hydrogen-bond donors (Lipinski definition) is 2. The van der Waals surface area contributed by atoms with Crippen molar-refractivity contribution >= 4 is 22.8 Å². The first kappa shape index (κ1) is 17.1. The van der Waals surface area contributed by atoms with Crippen molar-refractivity contribution in [1.29, 1.82) is 5.26 Å². The highest BCUT2D eigenvalue weighted by molar-refractivity contribution is 6.09. The summed E-state index contributed by atoms with van der Waals surface area (Å²) in [7, 11) is 0. The maximum absolute atomic E-state index is 9.23. The number of benzene rings is 1. The third-order valence-corrected chi connectivity index (χ3v) is 4.62. The van der Waals surface area contributed by atoms with E-state index in [2.05, 4.69) is 21.0 Å². The number of hydrogen-bond acceptors (Lipinski definition) is 6. The molecule has 4 N–H and O–H groups in total. The molecule has 1 saturated carbocycles. The minimum absolute atomic E-state index is 0.348. The highest BCUT2D eigenvalue weighted by Gasteiger charge is 2.27. The topological polar surface area (TPSA) is 114 Å². The molecule has 0 radical (unpaired) electrons. The number of aliphatic imine (C=N–C) groups is 1. The third-order valence-electron chi connectivity index (χ3n) is 4.62. The van der Waals surface area contributed by atoms with Crippen LogP contribution in [0.5, 0.6) is 0 Å². The molecule has 0 atom stereocenters. The van der Waals surface area contributed by atoms with Crippen molar-refractivity contribution in [2.45, 2.75) is 31.7 Å². The van der Waals surface area contributed by atoms with E-state index in [0.29, 0.717) is 33.9 Å². The third kappa shape index (κ3) is 3.83. The molecule has 1 aromatic heterocycles. The molecular weight excluding hydrogens is 312 g/mol. The van der Waals surface area contributed by atoms with Gasteiger partial charge in [0.1, 0.15) is 11.6 Å². The van der Waals surface area contributed by atoms with Crippen LogP contribution in [0, 0.1) is 17.2 Å². The highest BCUT2D eigenvalue weighted by Crippen LogP contribution is 2.33. The zero-order chi connectivity index (χ0) is 17.6. The summed E-state index contributed by atoms with van der Waals surface area (Å²) in [5, 5.41) is 9.23. The van der Waals surface area contributed by atoms with E-state index in [1.807, 2.05) is 6.07 Å². The smallest absolute Gasteiger partial charge is 0.107 e. The predicted octanol–water partition coefficient (Wildman–Crippen LogP) is 2.39. The molecule has 0 saturated heterocycles. The number of fused-ring (bicyclic) bond motifs is 1. The van der Waals surface area contributed by atoms with Gasteiger partial charge in [-0.15, -0.1) is 0 Å². The van der Waals surface area contributed by atoms with Crippen LogP contribution in [0.3, 0.4) is 0 Å². The van der Waals surface area contributed by atoms with E-state index in [9.17, 15) is 5.26 Å². The Bertz CT molecular complexity index is 843. The number of rotatable bonds is 6. The van der Waals surface area contributed by atoms with Crippen molar-refractivity contribution in [3.05, 3.63) is 41.9 Å². The quantitative estimate of drug-likeness (QED) is 0.787. The Morgan fingerprint density at radius 2 is 2.24 bits per heavy atom. The van der Waals surface area contributed by atoms with Crippen molar-refractivity contribution in [2.75, 3.05) is 6.54 Å². The van der Waals surface area contributed by atoms with E-state index >= 15 is 0 Å². The van der Waals surface area contributed by atoms with Gasteiger partial charge < -0.3 is 11.5 Å². The van der Waals surface area contributed by atoms with Crippen molar-refractivity contribution in [1.82, 2.24) is 9.97 Å². The second-order valence-corrected chi connectivity index (χ2v) is 6.36. The summed E-state index contributed by atoms with van der Waals surface area (Å²) in [6.07, 6.45) is 9.41. The van der Waals surface area contributed by atoms with E-state index in [-0.39, 0.29) is 0 Å². The van der Waals surface area contributed by atoms with E-state index in [1.54, 1.807) is 24.5 Å². The molecule has 3 rings (SSSR count). The largest absolute Gasteiger partial charge is 0.404 e. The molecule has 1 heterocycles. The maximum atomic E-state index is 9.23. The molecule has 1 aromatic carbocycles. The normalized spacial score (nSPS) is 20.6. The molecule has 0 spiro atoms. The SMILES string of the molecule is N#Cc1cccc2ncc(C(C=NC3CC(CCCN)C3)=CN)nc12. The number of nitrogens with zero attached hydrogens (tertiary/aromatic N) is 4. The lowest BCUT2D eigenvalue weighted by molar-refractivity contribution is 0.249. The molecule has 128 valence electrons. The van der Waals surface area contributed by atoms with Gasteiger partial charge in [-0.3, -0.25) is 9.98 Å². The van der Waals surface area contributed by atoms with Crippen molar-refractivity contribution < 1.29 is 0 Å². The summed E-state index contributed by atoms with van der Waals surface area (Å²) in [6, 6.07) is 7.86. The zero-order valence-electron chi connectivity index (χ0n) is 14.1. The van der Waals surface area contributed by atoms with Crippen LogP contribution in [0.15, 0.2) is 35.6 Å². The summed E-state index contributed by atoms with van der Waals surface area (Å²) >= 11 is 0. The van der Waals surface area contributed by atoms with Crippen LogP contribution < -0.4 is 11.5 Å². The van der Waals surface area contributed by atoms with Crippen LogP contribution in [0.1, 0.15) is 36.9 Å². The highest BCUT2D eigenvalue weighted by atomic mass is 14.8. The fourth-order valence-corrected chi connectivity index (χ4v) is 3.11. The Balaban J connectivity index is 1.73. The average Bonchev–Trinajstić information content (AvgIpc) is 2.62. The van der Waals surface area contributed by atoms with Crippen LogP contribution in [0.25, 0.3) is 16.6 Å². The van der Waals surface area contributed by atoms with Gasteiger partial charge in [-0.2, -0.15) is 5.26 Å². The maximum Gasteiger partial charge on any atom is 0.107 e. The Labute approximate surface area is 147 Å². The van der Waals surface area contributed by atoms with Crippen LogP contribution in [0.2, 0.25) is 0 Å². The first-order valence-corrected chi connectivity index (χ1v) is 8.56. The Kier molecular flexibility index (Phi) is 5.36. The number of nitriles is 1. The number of para-hydroxylation sites is 1. The molecule has 25 heavy (non-hydrogen) atoms. The van der Waals surface area contributed by atoms with Gasteiger partial charge in [0.2, 0.25) is 0 Å². The van der Waals surface area contributed by atoms with E-state index in [0.717, 1.165) is 31.7 Å². The van der Waals surface area contributed by atoms with Crippen LogP contribution in [-0.2, 0) is 0 Å². The van der Waals surface area contributed by atoms with E-state index in [4.69, 9.17) is 11.5 Å². The van der Waals surface area contributed by atoms with Gasteiger partial charge in [0.05, 0.1) is 29.0 Å². The van der Waals surface area contributed by atoms with Crippen molar-refractivity contribution in [2.24, 2.45) is 22.4 Å². The molecule has 1 fully saturated rings. The van der Waals surface area contributed by atoms with Crippen LogP contribution in [0.4, 0.5) is 0 Å². The Morgan fingerprint density at radius 3 is 2.96 bits per heavy atom. The molecule has 6 nitrogen and oxygen atoms in total. The summed E-state index contributed by atoms with van der Waals surface area (Å²) < 4.78 is 0. The molecule has 0 bridgehead atoms. The predicted molar refractivity (Wildman–Crippen MR) is 99.7 cm³/mol.